The average Bonchev–Trinajstić information content (AvgIpc) is 2.85. The second-order valence-electron chi connectivity index (χ2n) is 6.95. The molecule has 2 fully saturated rings. The van der Waals surface area contributed by atoms with E-state index < -0.39 is 0 Å². The van der Waals surface area contributed by atoms with E-state index in [1.807, 2.05) is 0 Å². The first-order valence-corrected chi connectivity index (χ1v) is 8.70. The Kier molecular flexibility index (Phi) is 4.66. The quantitative estimate of drug-likeness (QED) is 0.828. The lowest BCUT2D eigenvalue weighted by atomic mass is 9.78. The van der Waals surface area contributed by atoms with Gasteiger partial charge in [-0.1, -0.05) is 37.6 Å². The second kappa shape index (κ2) is 6.50. The summed E-state index contributed by atoms with van der Waals surface area (Å²) in [7, 11) is 0. The highest BCUT2D eigenvalue weighted by Gasteiger charge is 2.39. The van der Waals surface area contributed by atoms with Crippen molar-refractivity contribution in [1.82, 2.24) is 5.32 Å². The van der Waals surface area contributed by atoms with Gasteiger partial charge in [0.25, 0.3) is 0 Å². The Morgan fingerprint density at radius 1 is 1.33 bits per heavy atom. The second-order valence-corrected chi connectivity index (χ2v) is 6.95. The fourth-order valence-electron chi connectivity index (χ4n) is 3.74. The first kappa shape index (κ1) is 15.1. The fraction of sp³-hybridized carbons (Fsp3) is 0.684. The third-order valence-electron chi connectivity index (χ3n) is 5.28. The minimum atomic E-state index is -0.0482. The minimum absolute atomic E-state index is 0.0482. The molecule has 1 saturated heterocycles. The van der Waals surface area contributed by atoms with Crippen molar-refractivity contribution in [2.24, 2.45) is 0 Å². The molecule has 2 aliphatic rings. The molecule has 1 saturated carbocycles. The molecule has 2 atom stereocenters. The molecule has 1 aromatic carbocycles. The van der Waals surface area contributed by atoms with Crippen LogP contribution in [0.15, 0.2) is 24.3 Å². The standard InChI is InChI=1S/C19H29NO/c1-3-12-20-18(19(2)11-6-13-21-19)17-10-5-9-16(14-17)15-7-4-8-15/h5,9-10,14-15,18,20H,3-4,6-8,11-13H2,1-2H3. The third-order valence-corrected chi connectivity index (χ3v) is 5.28. The molecule has 21 heavy (non-hydrogen) atoms. The van der Waals surface area contributed by atoms with Crippen LogP contribution in [0.25, 0.3) is 0 Å². The van der Waals surface area contributed by atoms with Crippen LogP contribution in [0.5, 0.6) is 0 Å². The summed E-state index contributed by atoms with van der Waals surface area (Å²) < 4.78 is 6.13. The minimum Gasteiger partial charge on any atom is -0.373 e. The highest BCUT2D eigenvalue weighted by molar-refractivity contribution is 5.31. The van der Waals surface area contributed by atoms with Gasteiger partial charge in [-0.2, -0.15) is 0 Å². The summed E-state index contributed by atoms with van der Waals surface area (Å²) >= 11 is 0. The summed E-state index contributed by atoms with van der Waals surface area (Å²) in [5, 5.41) is 3.75. The van der Waals surface area contributed by atoms with Crippen LogP contribution in [0.1, 0.15) is 75.5 Å². The van der Waals surface area contributed by atoms with E-state index in [1.54, 1.807) is 0 Å². The van der Waals surface area contributed by atoms with Crippen LogP contribution in [0.3, 0.4) is 0 Å². The van der Waals surface area contributed by atoms with Crippen molar-refractivity contribution in [3.63, 3.8) is 0 Å². The summed E-state index contributed by atoms with van der Waals surface area (Å²) in [5.41, 5.74) is 2.90. The molecule has 1 aliphatic carbocycles. The maximum Gasteiger partial charge on any atom is 0.0849 e. The predicted octanol–water partition coefficient (Wildman–Crippen LogP) is 4.56. The van der Waals surface area contributed by atoms with Gasteiger partial charge in [0.15, 0.2) is 0 Å². The smallest absolute Gasteiger partial charge is 0.0849 e. The van der Waals surface area contributed by atoms with Crippen molar-refractivity contribution in [3.8, 4) is 0 Å². The summed E-state index contributed by atoms with van der Waals surface area (Å²) in [4.78, 5) is 0. The fourth-order valence-corrected chi connectivity index (χ4v) is 3.74. The molecule has 0 aromatic heterocycles. The van der Waals surface area contributed by atoms with Gasteiger partial charge < -0.3 is 10.1 Å². The molecular formula is C19H29NO. The number of benzene rings is 1. The molecule has 116 valence electrons. The lowest BCUT2D eigenvalue weighted by Gasteiger charge is -2.35. The van der Waals surface area contributed by atoms with Crippen LogP contribution in [0.4, 0.5) is 0 Å². The molecule has 0 radical (unpaired) electrons. The maximum atomic E-state index is 6.13. The van der Waals surface area contributed by atoms with E-state index in [-0.39, 0.29) is 5.60 Å². The highest BCUT2D eigenvalue weighted by Crippen LogP contribution is 2.40. The van der Waals surface area contributed by atoms with Crippen molar-refractivity contribution < 1.29 is 4.74 Å². The highest BCUT2D eigenvalue weighted by atomic mass is 16.5. The van der Waals surface area contributed by atoms with Gasteiger partial charge in [0, 0.05) is 6.61 Å². The van der Waals surface area contributed by atoms with E-state index in [1.165, 1.54) is 36.8 Å². The lowest BCUT2D eigenvalue weighted by Crippen LogP contribution is -2.41. The van der Waals surface area contributed by atoms with Gasteiger partial charge in [-0.3, -0.25) is 0 Å². The van der Waals surface area contributed by atoms with Crippen LogP contribution in [0.2, 0.25) is 0 Å². The Hall–Kier alpha value is -0.860. The van der Waals surface area contributed by atoms with Crippen LogP contribution >= 0.6 is 0 Å². The maximum absolute atomic E-state index is 6.13. The van der Waals surface area contributed by atoms with Crippen LogP contribution < -0.4 is 5.32 Å². The topological polar surface area (TPSA) is 21.3 Å². The Morgan fingerprint density at radius 2 is 2.19 bits per heavy atom. The molecule has 2 unspecified atom stereocenters. The molecule has 0 amide bonds. The summed E-state index contributed by atoms with van der Waals surface area (Å²) in [5.74, 6) is 0.800. The normalized spacial score (nSPS) is 27.5. The molecular weight excluding hydrogens is 258 g/mol. The summed E-state index contributed by atoms with van der Waals surface area (Å²) in [6, 6.07) is 9.58. The molecule has 1 N–H and O–H groups in total. The summed E-state index contributed by atoms with van der Waals surface area (Å²) in [6.07, 6.45) is 7.63. The van der Waals surface area contributed by atoms with E-state index in [9.17, 15) is 0 Å². The molecule has 1 heterocycles. The molecule has 1 aromatic rings. The van der Waals surface area contributed by atoms with Gasteiger partial charge in [-0.05, 0) is 62.6 Å². The van der Waals surface area contributed by atoms with Crippen molar-refractivity contribution in [2.75, 3.05) is 13.2 Å². The lowest BCUT2D eigenvalue weighted by molar-refractivity contribution is -0.0124. The predicted molar refractivity (Wildman–Crippen MR) is 87.7 cm³/mol. The van der Waals surface area contributed by atoms with Crippen molar-refractivity contribution >= 4 is 0 Å². The largest absolute Gasteiger partial charge is 0.373 e. The van der Waals surface area contributed by atoms with Gasteiger partial charge in [0.1, 0.15) is 0 Å². The van der Waals surface area contributed by atoms with Gasteiger partial charge in [0.05, 0.1) is 11.6 Å². The first-order chi connectivity index (χ1) is 10.2. The molecule has 3 rings (SSSR count). The number of ether oxygens (including phenoxy) is 1. The van der Waals surface area contributed by atoms with Crippen molar-refractivity contribution in [3.05, 3.63) is 35.4 Å². The molecule has 0 spiro atoms. The number of rotatable bonds is 6. The molecule has 1 aliphatic heterocycles. The Morgan fingerprint density at radius 3 is 2.81 bits per heavy atom. The monoisotopic (exact) mass is 287 g/mol. The number of hydrogen-bond donors (Lipinski definition) is 1. The molecule has 0 bridgehead atoms. The van der Waals surface area contributed by atoms with Gasteiger partial charge in [0.2, 0.25) is 0 Å². The molecule has 2 nitrogen and oxygen atoms in total. The zero-order chi connectivity index (χ0) is 14.7. The SMILES string of the molecule is CCCNC(c1cccc(C2CCC2)c1)C1(C)CCCO1. The van der Waals surface area contributed by atoms with E-state index in [0.29, 0.717) is 6.04 Å². The van der Waals surface area contributed by atoms with Gasteiger partial charge in [-0.25, -0.2) is 0 Å². The Balaban J connectivity index is 1.84. The van der Waals surface area contributed by atoms with Crippen molar-refractivity contribution in [2.45, 2.75) is 69.9 Å². The average molecular weight is 287 g/mol. The Labute approximate surface area is 129 Å². The van der Waals surface area contributed by atoms with E-state index in [2.05, 4.69) is 43.4 Å². The molecule has 2 heteroatoms. The zero-order valence-electron chi connectivity index (χ0n) is 13.5. The van der Waals surface area contributed by atoms with Crippen LogP contribution in [-0.4, -0.2) is 18.8 Å². The van der Waals surface area contributed by atoms with Crippen LogP contribution in [-0.2, 0) is 4.74 Å². The van der Waals surface area contributed by atoms with Gasteiger partial charge >= 0.3 is 0 Å². The number of nitrogens with one attached hydrogen (secondary N) is 1. The van der Waals surface area contributed by atoms with Crippen molar-refractivity contribution in [1.29, 1.82) is 0 Å². The van der Waals surface area contributed by atoms with Crippen LogP contribution in [0, 0.1) is 0 Å². The van der Waals surface area contributed by atoms with Gasteiger partial charge in [-0.15, -0.1) is 0 Å². The Bertz CT molecular complexity index is 460. The van der Waals surface area contributed by atoms with E-state index in [4.69, 9.17) is 4.74 Å². The summed E-state index contributed by atoms with van der Waals surface area (Å²) in [6.45, 7) is 6.47. The zero-order valence-corrected chi connectivity index (χ0v) is 13.5. The third kappa shape index (κ3) is 3.17. The first-order valence-electron chi connectivity index (χ1n) is 8.70. The van der Waals surface area contributed by atoms with E-state index >= 15 is 0 Å². The van der Waals surface area contributed by atoms with E-state index in [0.717, 1.165) is 31.9 Å². The number of hydrogen-bond acceptors (Lipinski definition) is 2.